The fraction of sp³-hybridized carbons (Fsp3) is 0.636. The number of nitrogens with one attached hydrogen (secondary N) is 1. The molecule has 88 valence electrons. The molecule has 16 heavy (non-hydrogen) atoms. The van der Waals surface area contributed by atoms with Gasteiger partial charge in [0, 0.05) is 24.5 Å². The molecule has 2 rings (SSSR count). The number of carbonyl (C=O) groups excluding carboxylic acids is 1. The molecule has 2 atom stereocenters. The van der Waals surface area contributed by atoms with Gasteiger partial charge in [0.25, 0.3) is 0 Å². The smallest absolute Gasteiger partial charge is 0.242 e. The topological polar surface area (TPSA) is 72.9 Å². The van der Waals surface area contributed by atoms with E-state index < -0.39 is 0 Å². The Morgan fingerprint density at radius 3 is 3.00 bits per heavy atom. The molecule has 1 aromatic rings. The van der Waals surface area contributed by atoms with Crippen molar-refractivity contribution in [2.24, 2.45) is 5.73 Å². The summed E-state index contributed by atoms with van der Waals surface area (Å²) in [6, 6.07) is 2.05. The standard InChI is InChI=1S/C11H18N4O/c12-9-4-1-2-5-10(9)14-11(16)8-15-7-3-6-13-15/h3,6-7,9-10H,1-2,4-5,8,12H2,(H,14,16)/t9-,10-/m1/s1. The van der Waals surface area contributed by atoms with Crippen LogP contribution < -0.4 is 11.1 Å². The first-order valence-corrected chi connectivity index (χ1v) is 5.78. The van der Waals surface area contributed by atoms with E-state index in [0.29, 0.717) is 0 Å². The summed E-state index contributed by atoms with van der Waals surface area (Å²) >= 11 is 0. The molecular weight excluding hydrogens is 204 g/mol. The highest BCUT2D eigenvalue weighted by atomic mass is 16.2. The fourth-order valence-corrected chi connectivity index (χ4v) is 2.13. The number of aromatic nitrogens is 2. The third kappa shape index (κ3) is 2.82. The SMILES string of the molecule is N[C@@H]1CCCC[C@H]1NC(=O)Cn1cccn1. The lowest BCUT2D eigenvalue weighted by Gasteiger charge is -2.29. The molecule has 1 amide bonds. The van der Waals surface area contributed by atoms with Gasteiger partial charge in [0.15, 0.2) is 0 Å². The second-order valence-electron chi connectivity index (χ2n) is 4.33. The second kappa shape index (κ2) is 5.12. The molecule has 3 N–H and O–H groups in total. The average Bonchev–Trinajstić information content (AvgIpc) is 2.74. The van der Waals surface area contributed by atoms with Crippen LogP contribution in [0.15, 0.2) is 18.5 Å². The van der Waals surface area contributed by atoms with Crippen LogP contribution in [0.5, 0.6) is 0 Å². The van der Waals surface area contributed by atoms with Gasteiger partial charge in [-0.25, -0.2) is 0 Å². The zero-order valence-electron chi connectivity index (χ0n) is 9.30. The third-order valence-corrected chi connectivity index (χ3v) is 3.03. The third-order valence-electron chi connectivity index (χ3n) is 3.03. The lowest BCUT2D eigenvalue weighted by molar-refractivity contribution is -0.122. The molecule has 0 radical (unpaired) electrons. The minimum Gasteiger partial charge on any atom is -0.350 e. The monoisotopic (exact) mass is 222 g/mol. The first-order valence-electron chi connectivity index (χ1n) is 5.78. The number of rotatable bonds is 3. The van der Waals surface area contributed by atoms with E-state index in [1.54, 1.807) is 23.1 Å². The van der Waals surface area contributed by atoms with Crippen LogP contribution in [0.2, 0.25) is 0 Å². The predicted molar refractivity (Wildman–Crippen MR) is 60.6 cm³/mol. The average molecular weight is 222 g/mol. The van der Waals surface area contributed by atoms with Crippen LogP contribution in [0.25, 0.3) is 0 Å². The summed E-state index contributed by atoms with van der Waals surface area (Å²) in [6.07, 6.45) is 7.77. The largest absolute Gasteiger partial charge is 0.350 e. The van der Waals surface area contributed by atoms with E-state index in [1.807, 2.05) is 0 Å². The van der Waals surface area contributed by atoms with Gasteiger partial charge in [-0.15, -0.1) is 0 Å². The maximum absolute atomic E-state index is 11.7. The fourth-order valence-electron chi connectivity index (χ4n) is 2.13. The van der Waals surface area contributed by atoms with Crippen LogP contribution in [0.3, 0.4) is 0 Å². The van der Waals surface area contributed by atoms with E-state index in [4.69, 9.17) is 5.73 Å². The zero-order chi connectivity index (χ0) is 11.4. The lowest BCUT2D eigenvalue weighted by atomic mass is 9.91. The molecular formula is C11H18N4O. The van der Waals surface area contributed by atoms with Crippen LogP contribution >= 0.6 is 0 Å². The first-order chi connectivity index (χ1) is 7.75. The Morgan fingerprint density at radius 2 is 2.31 bits per heavy atom. The summed E-state index contributed by atoms with van der Waals surface area (Å²) in [5.41, 5.74) is 5.96. The van der Waals surface area contributed by atoms with E-state index in [1.165, 1.54) is 6.42 Å². The molecule has 0 unspecified atom stereocenters. The summed E-state index contributed by atoms with van der Waals surface area (Å²) < 4.78 is 1.61. The van der Waals surface area contributed by atoms with E-state index in [2.05, 4.69) is 10.4 Å². The Kier molecular flexibility index (Phi) is 3.56. The van der Waals surface area contributed by atoms with Gasteiger partial charge < -0.3 is 11.1 Å². The van der Waals surface area contributed by atoms with Gasteiger partial charge in [-0.1, -0.05) is 12.8 Å². The van der Waals surface area contributed by atoms with Gasteiger partial charge in [-0.2, -0.15) is 5.10 Å². The molecule has 5 heteroatoms. The number of hydrogen-bond donors (Lipinski definition) is 2. The maximum atomic E-state index is 11.7. The molecule has 0 spiro atoms. The van der Waals surface area contributed by atoms with Crippen LogP contribution in [-0.4, -0.2) is 27.8 Å². The van der Waals surface area contributed by atoms with Crippen LogP contribution in [-0.2, 0) is 11.3 Å². The molecule has 0 saturated heterocycles. The van der Waals surface area contributed by atoms with Crippen molar-refractivity contribution < 1.29 is 4.79 Å². The normalized spacial score (nSPS) is 25.3. The van der Waals surface area contributed by atoms with E-state index >= 15 is 0 Å². The molecule has 1 aliphatic rings. The summed E-state index contributed by atoms with van der Waals surface area (Å²) in [4.78, 5) is 11.7. The number of carbonyl (C=O) groups is 1. The van der Waals surface area contributed by atoms with Gasteiger partial charge in [0.2, 0.25) is 5.91 Å². The second-order valence-corrected chi connectivity index (χ2v) is 4.33. The Hall–Kier alpha value is -1.36. The van der Waals surface area contributed by atoms with Crippen molar-refractivity contribution in [2.75, 3.05) is 0 Å². The van der Waals surface area contributed by atoms with Gasteiger partial charge >= 0.3 is 0 Å². The Morgan fingerprint density at radius 1 is 1.50 bits per heavy atom. The van der Waals surface area contributed by atoms with Gasteiger partial charge in [-0.05, 0) is 18.9 Å². The molecule has 1 aromatic heterocycles. The molecule has 1 saturated carbocycles. The van der Waals surface area contributed by atoms with E-state index in [9.17, 15) is 4.79 Å². The summed E-state index contributed by atoms with van der Waals surface area (Å²) in [7, 11) is 0. The predicted octanol–water partition coefficient (Wildman–Crippen LogP) is 0.269. The van der Waals surface area contributed by atoms with Crippen LogP contribution in [0.1, 0.15) is 25.7 Å². The number of hydrogen-bond acceptors (Lipinski definition) is 3. The summed E-state index contributed by atoms with van der Waals surface area (Å²) in [5, 5.41) is 6.98. The molecule has 1 aliphatic carbocycles. The molecule has 5 nitrogen and oxygen atoms in total. The van der Waals surface area contributed by atoms with Crippen LogP contribution in [0, 0.1) is 0 Å². The van der Waals surface area contributed by atoms with Crippen molar-refractivity contribution in [3.05, 3.63) is 18.5 Å². The highest BCUT2D eigenvalue weighted by Gasteiger charge is 2.23. The molecule has 1 fully saturated rings. The molecule has 0 aliphatic heterocycles. The highest BCUT2D eigenvalue weighted by Crippen LogP contribution is 2.16. The lowest BCUT2D eigenvalue weighted by Crippen LogP contribution is -2.50. The molecule has 0 bridgehead atoms. The minimum absolute atomic E-state index is 0.00829. The van der Waals surface area contributed by atoms with Gasteiger partial charge in [0.1, 0.15) is 6.54 Å². The Balaban J connectivity index is 1.82. The van der Waals surface area contributed by atoms with Crippen molar-refractivity contribution in [1.29, 1.82) is 0 Å². The van der Waals surface area contributed by atoms with Crippen LogP contribution in [0.4, 0.5) is 0 Å². The number of amides is 1. The minimum atomic E-state index is -0.00829. The number of nitrogens with zero attached hydrogens (tertiary/aromatic N) is 2. The van der Waals surface area contributed by atoms with Crippen molar-refractivity contribution in [3.8, 4) is 0 Å². The van der Waals surface area contributed by atoms with Gasteiger partial charge in [0.05, 0.1) is 0 Å². The first kappa shape index (κ1) is 11.1. The van der Waals surface area contributed by atoms with Gasteiger partial charge in [-0.3, -0.25) is 9.48 Å². The Bertz CT molecular complexity index is 336. The van der Waals surface area contributed by atoms with Crippen molar-refractivity contribution in [2.45, 2.75) is 44.3 Å². The maximum Gasteiger partial charge on any atom is 0.242 e. The van der Waals surface area contributed by atoms with E-state index in [0.717, 1.165) is 19.3 Å². The van der Waals surface area contributed by atoms with E-state index in [-0.39, 0.29) is 24.5 Å². The number of nitrogens with two attached hydrogens (primary N) is 1. The summed E-state index contributed by atoms with van der Waals surface area (Å²) in [5.74, 6) is -0.00829. The van der Waals surface area contributed by atoms with Crippen molar-refractivity contribution in [3.63, 3.8) is 0 Å². The molecule has 0 aromatic carbocycles. The highest BCUT2D eigenvalue weighted by molar-refractivity contribution is 5.76. The zero-order valence-corrected chi connectivity index (χ0v) is 9.30. The molecule has 1 heterocycles. The van der Waals surface area contributed by atoms with Crippen molar-refractivity contribution >= 4 is 5.91 Å². The Labute approximate surface area is 95.0 Å². The quantitative estimate of drug-likeness (QED) is 0.771. The summed E-state index contributed by atoms with van der Waals surface area (Å²) in [6.45, 7) is 0.274. The van der Waals surface area contributed by atoms with Crippen molar-refractivity contribution in [1.82, 2.24) is 15.1 Å².